The summed E-state index contributed by atoms with van der Waals surface area (Å²) in [4.78, 5) is 25.8. The van der Waals surface area contributed by atoms with Crippen LogP contribution < -0.4 is 34.7 Å². The molecule has 8 heteroatoms. The molecule has 5 aromatic rings. The fourth-order valence-corrected chi connectivity index (χ4v) is 5.17. The molecular weight excluding hydrogens is 443 g/mol. The van der Waals surface area contributed by atoms with Crippen LogP contribution in [0.2, 0.25) is 0 Å². The van der Waals surface area contributed by atoms with E-state index in [-0.39, 0.29) is 35.1 Å². The van der Waals surface area contributed by atoms with E-state index in [0.29, 0.717) is 17.1 Å². The maximum absolute atomic E-state index is 11.5. The molecule has 0 saturated carbocycles. The molecule has 3 heterocycles. The van der Waals surface area contributed by atoms with Crippen molar-refractivity contribution >= 4 is 38.7 Å². The van der Waals surface area contributed by atoms with Gasteiger partial charge in [0, 0.05) is 23.2 Å². The zero-order valence-corrected chi connectivity index (χ0v) is 21.9. The van der Waals surface area contributed by atoms with Crippen molar-refractivity contribution in [1.82, 2.24) is 19.5 Å². The fourth-order valence-electron chi connectivity index (χ4n) is 4.10. The third-order valence-corrected chi connectivity index (χ3v) is 6.64. The molecule has 0 amide bonds. The maximum Gasteiger partial charge on any atom is 1.00 e. The Labute approximate surface area is 217 Å². The van der Waals surface area contributed by atoms with Crippen LogP contribution in [0.15, 0.2) is 48.5 Å². The smallest absolute Gasteiger partial charge is 0.545 e. The van der Waals surface area contributed by atoms with Crippen LogP contribution in [0.4, 0.5) is 0 Å². The van der Waals surface area contributed by atoms with Gasteiger partial charge in [-0.15, -0.1) is 11.3 Å². The molecule has 0 aliphatic carbocycles. The molecule has 2 aromatic carbocycles. The molecule has 33 heavy (non-hydrogen) atoms. The maximum atomic E-state index is 11.5. The molecule has 0 aliphatic heterocycles. The number of benzene rings is 2. The quantitative estimate of drug-likeness (QED) is 0.366. The molecule has 0 saturated heterocycles. The van der Waals surface area contributed by atoms with Crippen molar-refractivity contribution < 1.29 is 39.5 Å². The van der Waals surface area contributed by atoms with E-state index < -0.39 is 5.97 Å². The molecule has 0 unspecified atom stereocenters. The minimum atomic E-state index is -1.20. The van der Waals surface area contributed by atoms with Crippen LogP contribution in [-0.2, 0) is 13.0 Å². The van der Waals surface area contributed by atoms with Crippen LogP contribution >= 0.6 is 11.3 Å². The molecule has 6 nitrogen and oxygen atoms in total. The SMILES string of the molecule is CCc1nc2c(C)cc(C)nc2n1Cc1ccc2nc(-c3ccccc3C(=O)[O-])sc2c1.[Na+]. The van der Waals surface area contributed by atoms with Crippen LogP contribution in [-0.4, -0.2) is 25.5 Å². The van der Waals surface area contributed by atoms with Crippen LogP contribution in [0.3, 0.4) is 0 Å². The van der Waals surface area contributed by atoms with Gasteiger partial charge in [0.1, 0.15) is 16.3 Å². The molecule has 0 fully saturated rings. The second-order valence-electron chi connectivity index (χ2n) is 7.87. The number of nitrogens with zero attached hydrogens (tertiary/aromatic N) is 4. The predicted molar refractivity (Wildman–Crippen MR) is 125 cm³/mol. The second-order valence-corrected chi connectivity index (χ2v) is 8.91. The Balaban J connectivity index is 0.00000259. The Morgan fingerprint density at radius 1 is 1.06 bits per heavy atom. The van der Waals surface area contributed by atoms with Gasteiger partial charge in [-0.05, 0) is 43.2 Å². The number of imidazole rings is 1. The molecule has 0 aliphatic rings. The van der Waals surface area contributed by atoms with Gasteiger partial charge in [0.2, 0.25) is 0 Å². The summed E-state index contributed by atoms with van der Waals surface area (Å²) in [6.45, 7) is 6.84. The predicted octanol–water partition coefficient (Wildman–Crippen LogP) is 1.30. The van der Waals surface area contributed by atoms with E-state index in [0.717, 1.165) is 50.4 Å². The van der Waals surface area contributed by atoms with Gasteiger partial charge in [-0.2, -0.15) is 0 Å². The first-order valence-electron chi connectivity index (χ1n) is 10.5. The van der Waals surface area contributed by atoms with Gasteiger partial charge in [-0.25, -0.2) is 15.0 Å². The Morgan fingerprint density at radius 2 is 1.85 bits per heavy atom. The summed E-state index contributed by atoms with van der Waals surface area (Å²) in [7, 11) is 0. The topological polar surface area (TPSA) is 83.7 Å². The zero-order chi connectivity index (χ0) is 22.4. The van der Waals surface area contributed by atoms with E-state index in [1.54, 1.807) is 18.2 Å². The molecule has 0 bridgehead atoms. The first kappa shape index (κ1) is 23.6. The first-order chi connectivity index (χ1) is 15.4. The Bertz CT molecular complexity index is 1510. The number of carbonyl (C=O) groups is 1. The van der Waals surface area contributed by atoms with E-state index in [2.05, 4.69) is 41.6 Å². The second kappa shape index (κ2) is 9.35. The molecule has 160 valence electrons. The fraction of sp³-hybridized carbons (Fsp3) is 0.200. The molecule has 0 spiro atoms. The normalized spacial score (nSPS) is 11.1. The van der Waals surface area contributed by atoms with Crippen molar-refractivity contribution in [1.29, 1.82) is 0 Å². The van der Waals surface area contributed by atoms with Crippen molar-refractivity contribution in [2.24, 2.45) is 0 Å². The number of aromatic carboxylic acids is 1. The van der Waals surface area contributed by atoms with Crippen molar-refractivity contribution in [3.63, 3.8) is 0 Å². The largest absolute Gasteiger partial charge is 1.00 e. The van der Waals surface area contributed by atoms with E-state index in [4.69, 9.17) is 9.97 Å². The van der Waals surface area contributed by atoms with Gasteiger partial charge in [-0.1, -0.05) is 37.3 Å². The molecule has 0 radical (unpaired) electrons. The number of carboxylic acid groups (broad SMARTS) is 1. The molecule has 3 aromatic heterocycles. The molecule has 0 N–H and O–H groups in total. The summed E-state index contributed by atoms with van der Waals surface area (Å²) >= 11 is 1.48. The van der Waals surface area contributed by atoms with Gasteiger partial charge in [0.25, 0.3) is 0 Å². The number of carboxylic acids is 1. The number of rotatable bonds is 5. The van der Waals surface area contributed by atoms with Crippen LogP contribution in [0.1, 0.15) is 39.9 Å². The standard InChI is InChI=1S/C25H22N4O2S.Na/c1-4-21-28-22-14(2)11-15(3)26-23(22)29(21)13-16-9-10-19-20(12-16)32-24(27-19)17-7-5-6-8-18(17)25(30)31;/h5-12H,4,13H2,1-3H3,(H,30,31);/q;+1/p-1. The van der Waals surface area contributed by atoms with Crippen molar-refractivity contribution in [3.05, 3.63) is 76.7 Å². The number of aryl methyl sites for hydroxylation is 3. The van der Waals surface area contributed by atoms with Crippen molar-refractivity contribution in [2.45, 2.75) is 33.7 Å². The summed E-state index contributed by atoms with van der Waals surface area (Å²) in [5, 5.41) is 12.2. The molecule has 0 atom stereocenters. The first-order valence-corrected chi connectivity index (χ1v) is 11.3. The number of thiazole rings is 1. The van der Waals surface area contributed by atoms with Gasteiger partial charge in [0.05, 0.1) is 22.7 Å². The van der Waals surface area contributed by atoms with E-state index in [1.165, 1.54) is 11.3 Å². The Kier molecular flexibility index (Phi) is 6.68. The van der Waals surface area contributed by atoms with E-state index in [9.17, 15) is 9.90 Å². The monoisotopic (exact) mass is 464 g/mol. The van der Waals surface area contributed by atoms with Crippen molar-refractivity contribution in [2.75, 3.05) is 0 Å². The average molecular weight is 465 g/mol. The number of aromatic nitrogens is 4. The summed E-state index contributed by atoms with van der Waals surface area (Å²) in [5.41, 5.74) is 6.68. The van der Waals surface area contributed by atoms with Crippen LogP contribution in [0.25, 0.3) is 32.0 Å². The van der Waals surface area contributed by atoms with Crippen LogP contribution in [0.5, 0.6) is 0 Å². The number of pyridine rings is 1. The van der Waals surface area contributed by atoms with Gasteiger partial charge in [0.15, 0.2) is 5.65 Å². The number of hydrogen-bond donors (Lipinski definition) is 0. The van der Waals surface area contributed by atoms with Gasteiger partial charge >= 0.3 is 29.6 Å². The van der Waals surface area contributed by atoms with Gasteiger partial charge < -0.3 is 14.5 Å². The third-order valence-electron chi connectivity index (χ3n) is 5.59. The summed E-state index contributed by atoms with van der Waals surface area (Å²) in [5.74, 6) is -0.188. The third kappa shape index (κ3) is 4.34. The Hall–Kier alpha value is -2.58. The average Bonchev–Trinajstić information content (AvgIpc) is 3.35. The Morgan fingerprint density at radius 3 is 2.61 bits per heavy atom. The summed E-state index contributed by atoms with van der Waals surface area (Å²) in [6.07, 6.45) is 0.821. The number of hydrogen-bond acceptors (Lipinski definition) is 6. The minimum Gasteiger partial charge on any atom is -0.545 e. The van der Waals surface area contributed by atoms with E-state index >= 15 is 0 Å². The molecular formula is C25H21N4NaO2S. The zero-order valence-electron chi connectivity index (χ0n) is 19.0. The van der Waals surface area contributed by atoms with Crippen molar-refractivity contribution in [3.8, 4) is 10.6 Å². The summed E-state index contributed by atoms with van der Waals surface area (Å²) < 4.78 is 3.19. The van der Waals surface area contributed by atoms with Crippen LogP contribution in [0, 0.1) is 13.8 Å². The molecule has 5 rings (SSSR count). The summed E-state index contributed by atoms with van der Waals surface area (Å²) in [6, 6.07) is 15.1. The minimum absolute atomic E-state index is 0. The number of fused-ring (bicyclic) bond motifs is 2. The number of carbonyl (C=O) groups excluding carboxylic acids is 1. The van der Waals surface area contributed by atoms with Gasteiger partial charge in [-0.3, -0.25) is 0 Å². The van der Waals surface area contributed by atoms with E-state index in [1.807, 2.05) is 19.1 Å².